The number of carbonyl (C=O) groups is 1. The van der Waals surface area contributed by atoms with Crippen molar-refractivity contribution < 1.29 is 4.79 Å². The maximum Gasteiger partial charge on any atom is 0.233 e. The van der Waals surface area contributed by atoms with Gasteiger partial charge in [-0.15, -0.1) is 6.58 Å². The van der Waals surface area contributed by atoms with Crippen molar-refractivity contribution in [2.24, 2.45) is 0 Å². The molecule has 2 N–H and O–H groups in total. The molecule has 0 aliphatic rings. The first-order valence-corrected chi connectivity index (χ1v) is 5.62. The summed E-state index contributed by atoms with van der Waals surface area (Å²) in [5, 5.41) is 5.78. The molecule has 0 fully saturated rings. The van der Waals surface area contributed by atoms with Gasteiger partial charge in [0.05, 0.1) is 6.54 Å². The quantitative estimate of drug-likeness (QED) is 0.448. The van der Waals surface area contributed by atoms with Crippen LogP contribution in [-0.4, -0.2) is 37.0 Å². The van der Waals surface area contributed by atoms with Crippen LogP contribution in [0.1, 0.15) is 6.92 Å². The minimum Gasteiger partial charge on any atom is -0.355 e. The van der Waals surface area contributed by atoms with Gasteiger partial charge in [0.25, 0.3) is 0 Å². The second kappa shape index (κ2) is 9.61. The van der Waals surface area contributed by atoms with Crippen LogP contribution >= 0.6 is 11.8 Å². The lowest BCUT2D eigenvalue weighted by atomic mass is 10.5. The van der Waals surface area contributed by atoms with Gasteiger partial charge in [0, 0.05) is 24.6 Å². The summed E-state index contributed by atoms with van der Waals surface area (Å²) in [6.45, 7) is 7.53. The van der Waals surface area contributed by atoms with E-state index >= 15 is 0 Å². The number of thioether (sulfide) groups is 1. The van der Waals surface area contributed by atoms with Crippen LogP contribution in [0.4, 0.5) is 0 Å². The molecule has 0 spiro atoms. The lowest BCUT2D eigenvalue weighted by Crippen LogP contribution is -2.34. The van der Waals surface area contributed by atoms with Gasteiger partial charge >= 0.3 is 0 Å². The molecule has 0 rings (SSSR count). The van der Waals surface area contributed by atoms with Crippen LogP contribution in [0, 0.1) is 0 Å². The minimum atomic E-state index is 0.0659. The van der Waals surface area contributed by atoms with Crippen LogP contribution < -0.4 is 10.6 Å². The van der Waals surface area contributed by atoms with E-state index in [1.165, 1.54) is 0 Å². The van der Waals surface area contributed by atoms with E-state index in [0.29, 0.717) is 13.1 Å². The molecule has 0 saturated carbocycles. The third-order valence-electron chi connectivity index (χ3n) is 1.32. The Morgan fingerprint density at radius 2 is 2.38 bits per heavy atom. The van der Waals surface area contributed by atoms with E-state index in [-0.39, 0.29) is 5.91 Å². The summed E-state index contributed by atoms with van der Waals surface area (Å²) in [5.74, 6) is 2.06. The smallest absolute Gasteiger partial charge is 0.233 e. The highest BCUT2D eigenvalue weighted by Crippen LogP contribution is 1.96. The van der Waals surface area contributed by atoms with Gasteiger partial charge in [0.2, 0.25) is 5.91 Å². The Hall–Kier alpha value is -0.480. The molecule has 76 valence electrons. The first-order chi connectivity index (χ1) is 6.31. The van der Waals surface area contributed by atoms with E-state index in [2.05, 4.69) is 17.2 Å². The van der Waals surface area contributed by atoms with Crippen molar-refractivity contribution in [1.29, 1.82) is 0 Å². The molecular formula is C9H18N2OS. The molecule has 0 radical (unpaired) electrons. The van der Waals surface area contributed by atoms with Gasteiger partial charge in [-0.25, -0.2) is 0 Å². The summed E-state index contributed by atoms with van der Waals surface area (Å²) >= 11 is 1.81. The third-order valence-corrected chi connectivity index (χ3v) is 2.28. The van der Waals surface area contributed by atoms with Crippen LogP contribution in [-0.2, 0) is 4.79 Å². The van der Waals surface area contributed by atoms with E-state index in [4.69, 9.17) is 0 Å². The zero-order chi connectivity index (χ0) is 9.94. The molecule has 0 unspecified atom stereocenters. The summed E-state index contributed by atoms with van der Waals surface area (Å²) in [4.78, 5) is 10.9. The van der Waals surface area contributed by atoms with Gasteiger partial charge in [-0.3, -0.25) is 4.79 Å². The van der Waals surface area contributed by atoms with Crippen LogP contribution in [0.2, 0.25) is 0 Å². The molecule has 3 nitrogen and oxygen atoms in total. The van der Waals surface area contributed by atoms with Crippen molar-refractivity contribution in [2.75, 3.05) is 31.1 Å². The second-order valence-electron chi connectivity index (χ2n) is 2.49. The monoisotopic (exact) mass is 202 g/mol. The van der Waals surface area contributed by atoms with Gasteiger partial charge < -0.3 is 10.6 Å². The van der Waals surface area contributed by atoms with Crippen molar-refractivity contribution in [3.63, 3.8) is 0 Å². The van der Waals surface area contributed by atoms with Crippen LogP contribution in [0.5, 0.6) is 0 Å². The topological polar surface area (TPSA) is 41.1 Å². The molecule has 0 saturated heterocycles. The number of nitrogens with one attached hydrogen (secondary N) is 2. The fraction of sp³-hybridized carbons (Fsp3) is 0.667. The van der Waals surface area contributed by atoms with Gasteiger partial charge in [0.15, 0.2) is 0 Å². The zero-order valence-electron chi connectivity index (χ0n) is 8.14. The molecular weight excluding hydrogens is 184 g/mol. The van der Waals surface area contributed by atoms with Crippen LogP contribution in [0.3, 0.4) is 0 Å². The summed E-state index contributed by atoms with van der Waals surface area (Å²) in [6, 6.07) is 0. The average molecular weight is 202 g/mol. The number of amides is 1. The second-order valence-corrected chi connectivity index (χ2v) is 3.64. The first kappa shape index (κ1) is 12.5. The molecule has 0 heterocycles. The molecule has 0 atom stereocenters. The Kier molecular flexibility index (Phi) is 9.25. The third kappa shape index (κ3) is 9.43. The number of likely N-dealkylation sites (N-methyl/N-ethyl adjacent to an activating group) is 1. The highest BCUT2D eigenvalue weighted by Gasteiger charge is 1.96. The predicted molar refractivity (Wildman–Crippen MR) is 59.1 cm³/mol. The zero-order valence-corrected chi connectivity index (χ0v) is 8.95. The van der Waals surface area contributed by atoms with Gasteiger partial charge in [-0.1, -0.05) is 6.08 Å². The van der Waals surface area contributed by atoms with Crippen LogP contribution in [0.15, 0.2) is 12.7 Å². The Morgan fingerprint density at radius 3 is 3.00 bits per heavy atom. The molecule has 0 aliphatic heterocycles. The Balaban J connectivity index is 3.06. The summed E-state index contributed by atoms with van der Waals surface area (Å²) < 4.78 is 0. The summed E-state index contributed by atoms with van der Waals surface area (Å²) in [7, 11) is 0. The molecule has 0 aromatic rings. The Labute approximate surface area is 84.4 Å². The van der Waals surface area contributed by atoms with E-state index in [1.54, 1.807) is 11.8 Å². The Bertz CT molecular complexity index is 151. The molecule has 0 aliphatic carbocycles. The molecule has 4 heteroatoms. The van der Waals surface area contributed by atoms with Crippen molar-refractivity contribution in [2.45, 2.75) is 6.92 Å². The molecule has 0 bridgehead atoms. The van der Waals surface area contributed by atoms with Gasteiger partial charge in [-0.05, 0) is 6.92 Å². The van der Waals surface area contributed by atoms with Crippen molar-refractivity contribution in [3.05, 3.63) is 12.7 Å². The number of hydrogen-bond acceptors (Lipinski definition) is 3. The lowest BCUT2D eigenvalue weighted by Gasteiger charge is -2.03. The van der Waals surface area contributed by atoms with Crippen molar-refractivity contribution in [3.8, 4) is 0 Å². The summed E-state index contributed by atoms with van der Waals surface area (Å²) in [5.41, 5.74) is 0. The molecule has 1 amide bonds. The first-order valence-electron chi connectivity index (χ1n) is 4.47. The minimum absolute atomic E-state index is 0.0659. The predicted octanol–water partition coefficient (Wildman–Crippen LogP) is 0.631. The summed E-state index contributed by atoms with van der Waals surface area (Å²) in [6.07, 6.45) is 1.88. The van der Waals surface area contributed by atoms with Gasteiger partial charge in [-0.2, -0.15) is 11.8 Å². The largest absolute Gasteiger partial charge is 0.355 e. The molecule has 0 aromatic heterocycles. The maximum absolute atomic E-state index is 10.9. The van der Waals surface area contributed by atoms with E-state index < -0.39 is 0 Å². The standard InChI is InChI=1S/C9H18N2OS/c1-3-6-13-7-5-10-8-9(12)11-4-2/h3,10H,1,4-8H2,2H3,(H,11,12). The normalized spacial score (nSPS) is 9.62. The maximum atomic E-state index is 10.9. The highest BCUT2D eigenvalue weighted by atomic mass is 32.2. The SMILES string of the molecule is C=CCSCCNCC(=O)NCC. The van der Waals surface area contributed by atoms with E-state index in [9.17, 15) is 4.79 Å². The molecule has 13 heavy (non-hydrogen) atoms. The lowest BCUT2D eigenvalue weighted by molar-refractivity contribution is -0.120. The van der Waals surface area contributed by atoms with Crippen molar-refractivity contribution in [1.82, 2.24) is 10.6 Å². The van der Waals surface area contributed by atoms with Crippen LogP contribution in [0.25, 0.3) is 0 Å². The van der Waals surface area contributed by atoms with E-state index in [1.807, 2.05) is 13.0 Å². The average Bonchev–Trinajstić information content (AvgIpc) is 2.11. The Morgan fingerprint density at radius 1 is 1.62 bits per heavy atom. The fourth-order valence-corrected chi connectivity index (χ4v) is 1.39. The van der Waals surface area contributed by atoms with E-state index in [0.717, 1.165) is 18.1 Å². The number of hydrogen-bond donors (Lipinski definition) is 2. The number of carbonyl (C=O) groups excluding carboxylic acids is 1. The van der Waals surface area contributed by atoms with Crippen molar-refractivity contribution >= 4 is 17.7 Å². The fourth-order valence-electron chi connectivity index (χ4n) is 0.773. The number of rotatable bonds is 8. The molecule has 0 aromatic carbocycles. The van der Waals surface area contributed by atoms with Gasteiger partial charge in [0.1, 0.15) is 0 Å². The highest BCUT2D eigenvalue weighted by molar-refractivity contribution is 7.99.